The fourth-order valence-corrected chi connectivity index (χ4v) is 3.98. The Labute approximate surface area is 223 Å². The van der Waals surface area contributed by atoms with E-state index in [0.717, 1.165) is 39.3 Å². The van der Waals surface area contributed by atoms with Crippen LogP contribution in [0.2, 0.25) is 0 Å². The first-order valence-electron chi connectivity index (χ1n) is 11.9. The van der Waals surface area contributed by atoms with E-state index < -0.39 is 0 Å². The summed E-state index contributed by atoms with van der Waals surface area (Å²) < 4.78 is 12.2. The molecule has 0 radical (unpaired) electrons. The van der Waals surface area contributed by atoms with Gasteiger partial charge in [-0.3, -0.25) is 4.79 Å². The Morgan fingerprint density at radius 3 is 2.68 bits per heavy atom. The molecule has 0 unspecified atom stereocenters. The maximum Gasteiger partial charge on any atom is 0.228 e. The van der Waals surface area contributed by atoms with Crippen molar-refractivity contribution in [3.05, 3.63) is 76.7 Å². The number of ether oxygens (including phenoxy) is 2. The quantitative estimate of drug-likeness (QED) is 0.178. The molecule has 1 aliphatic rings. The van der Waals surface area contributed by atoms with E-state index in [0.29, 0.717) is 36.5 Å². The Morgan fingerprint density at radius 2 is 1.86 bits per heavy atom. The van der Waals surface area contributed by atoms with Gasteiger partial charge in [-0.05, 0) is 59.1 Å². The Balaban J connectivity index is 1.30. The number of rotatable bonds is 8. The summed E-state index contributed by atoms with van der Waals surface area (Å²) in [6.07, 6.45) is 5.30. The minimum atomic E-state index is 0.0116. The molecule has 5 rings (SSSR count). The zero-order valence-corrected chi connectivity index (χ0v) is 21.7. The fourth-order valence-electron chi connectivity index (χ4n) is 3.66. The summed E-state index contributed by atoms with van der Waals surface area (Å²) in [5.74, 6) is 8.96. The highest BCUT2D eigenvalue weighted by Crippen LogP contribution is 2.31. The van der Waals surface area contributed by atoms with E-state index in [4.69, 9.17) is 9.47 Å². The molecule has 1 aliphatic carbocycles. The summed E-state index contributed by atoms with van der Waals surface area (Å²) in [6, 6.07) is 14.9. The Morgan fingerprint density at radius 1 is 1.03 bits per heavy atom. The van der Waals surface area contributed by atoms with Crippen LogP contribution in [0.3, 0.4) is 0 Å². The van der Waals surface area contributed by atoms with Crippen LogP contribution in [0.5, 0.6) is 11.6 Å². The number of nitrogens with zero attached hydrogens (tertiary/aromatic N) is 3. The molecule has 37 heavy (non-hydrogen) atoms. The van der Waals surface area contributed by atoms with Gasteiger partial charge in [-0.2, -0.15) is 0 Å². The maximum atomic E-state index is 12.2. The van der Waals surface area contributed by atoms with Gasteiger partial charge in [0.15, 0.2) is 0 Å². The van der Waals surface area contributed by atoms with Crippen LogP contribution in [0.1, 0.15) is 24.0 Å². The number of hydrogen-bond donors (Lipinski definition) is 2. The van der Waals surface area contributed by atoms with Crippen LogP contribution < -0.4 is 20.1 Å². The van der Waals surface area contributed by atoms with Crippen LogP contribution in [-0.2, 0) is 4.79 Å². The smallest absolute Gasteiger partial charge is 0.228 e. The van der Waals surface area contributed by atoms with E-state index in [1.807, 2.05) is 49.5 Å². The standard InChI is InChI=1S/C28H24BrN5O3/c1-30-27-23-17-31-25(34-28(35)19-10-11-19)15-22(23)20(16-32-27)9-8-18-4-2-5-21(14-18)36-12-13-37-26-7-3-6-24(29)33-26/h2-7,14-17,19H,10-13H2,1H3,(H,30,32)(H,31,34,35). The van der Waals surface area contributed by atoms with Crippen molar-refractivity contribution in [1.29, 1.82) is 0 Å². The molecule has 0 spiro atoms. The van der Waals surface area contributed by atoms with Gasteiger partial charge in [0.2, 0.25) is 11.8 Å². The molecule has 4 aromatic rings. The zero-order chi connectivity index (χ0) is 25.6. The molecule has 1 saturated carbocycles. The van der Waals surface area contributed by atoms with Crippen LogP contribution >= 0.6 is 15.9 Å². The third-order valence-corrected chi connectivity index (χ3v) is 6.12. The number of hydrogen-bond acceptors (Lipinski definition) is 7. The maximum absolute atomic E-state index is 12.2. The molecular formula is C28H24BrN5O3. The highest BCUT2D eigenvalue weighted by atomic mass is 79.9. The summed E-state index contributed by atoms with van der Waals surface area (Å²) in [7, 11) is 1.81. The lowest BCUT2D eigenvalue weighted by molar-refractivity contribution is -0.117. The van der Waals surface area contributed by atoms with Crippen molar-refractivity contribution in [1.82, 2.24) is 15.0 Å². The van der Waals surface area contributed by atoms with Gasteiger partial charge in [0.05, 0.1) is 5.56 Å². The van der Waals surface area contributed by atoms with E-state index in [2.05, 4.69) is 53.4 Å². The summed E-state index contributed by atoms with van der Waals surface area (Å²) in [6.45, 7) is 0.732. The number of pyridine rings is 3. The lowest BCUT2D eigenvalue weighted by Gasteiger charge is -2.09. The van der Waals surface area contributed by atoms with Crippen LogP contribution in [0, 0.1) is 17.8 Å². The normalized spacial score (nSPS) is 12.4. The van der Waals surface area contributed by atoms with E-state index in [1.165, 1.54) is 0 Å². The first-order chi connectivity index (χ1) is 18.1. The fraction of sp³-hybridized carbons (Fsp3) is 0.214. The number of fused-ring (bicyclic) bond motifs is 1. The van der Waals surface area contributed by atoms with Crippen molar-refractivity contribution in [3.63, 3.8) is 0 Å². The predicted molar refractivity (Wildman–Crippen MR) is 146 cm³/mol. The second kappa shape index (κ2) is 11.3. The van der Waals surface area contributed by atoms with E-state index in [-0.39, 0.29) is 11.8 Å². The van der Waals surface area contributed by atoms with E-state index in [1.54, 1.807) is 18.5 Å². The SMILES string of the molecule is CNc1ncc(C#Cc2cccc(OCCOc3cccc(Br)n3)c2)c2cc(NC(=O)C3CC3)ncc12. The van der Waals surface area contributed by atoms with Crippen LogP contribution in [-0.4, -0.2) is 41.1 Å². The van der Waals surface area contributed by atoms with Gasteiger partial charge in [-0.15, -0.1) is 0 Å². The number of amides is 1. The number of nitrogens with one attached hydrogen (secondary N) is 2. The number of benzene rings is 1. The molecule has 9 heteroatoms. The van der Waals surface area contributed by atoms with Crippen LogP contribution in [0.25, 0.3) is 10.8 Å². The molecule has 0 aliphatic heterocycles. The van der Waals surface area contributed by atoms with E-state index in [9.17, 15) is 4.79 Å². The lowest BCUT2D eigenvalue weighted by Crippen LogP contribution is -2.14. The molecule has 3 aromatic heterocycles. The molecule has 0 saturated heterocycles. The number of halogens is 1. The van der Waals surface area contributed by atoms with Gasteiger partial charge in [0.25, 0.3) is 0 Å². The predicted octanol–water partition coefficient (Wildman–Crippen LogP) is 5.04. The number of anilines is 2. The average molecular weight is 558 g/mol. The van der Waals surface area contributed by atoms with Crippen molar-refractivity contribution >= 4 is 44.2 Å². The molecule has 0 atom stereocenters. The topological polar surface area (TPSA) is 98.3 Å². The second-order valence-electron chi connectivity index (χ2n) is 8.42. The van der Waals surface area contributed by atoms with Gasteiger partial charge >= 0.3 is 0 Å². The highest BCUT2D eigenvalue weighted by Gasteiger charge is 2.29. The summed E-state index contributed by atoms with van der Waals surface area (Å²) in [4.78, 5) is 25.3. The molecule has 1 amide bonds. The second-order valence-corrected chi connectivity index (χ2v) is 9.23. The van der Waals surface area contributed by atoms with Gasteiger partial charge in [-0.1, -0.05) is 24.0 Å². The molecule has 1 fully saturated rings. The van der Waals surface area contributed by atoms with Gasteiger partial charge in [0.1, 0.15) is 35.2 Å². The molecule has 186 valence electrons. The Bertz CT molecular complexity index is 1510. The molecule has 2 N–H and O–H groups in total. The first-order valence-corrected chi connectivity index (χ1v) is 12.7. The molecular weight excluding hydrogens is 534 g/mol. The number of aromatic nitrogens is 3. The van der Waals surface area contributed by atoms with E-state index >= 15 is 0 Å². The molecule has 8 nitrogen and oxygen atoms in total. The van der Waals surface area contributed by atoms with Crippen LogP contribution in [0.4, 0.5) is 11.6 Å². The lowest BCUT2D eigenvalue weighted by atomic mass is 10.1. The number of carbonyl (C=O) groups is 1. The highest BCUT2D eigenvalue weighted by molar-refractivity contribution is 9.10. The van der Waals surface area contributed by atoms with Gasteiger partial charge < -0.3 is 20.1 Å². The number of carbonyl (C=O) groups excluding carboxylic acids is 1. The summed E-state index contributed by atoms with van der Waals surface area (Å²) >= 11 is 3.33. The minimum absolute atomic E-state index is 0.0116. The third kappa shape index (κ3) is 6.35. The first kappa shape index (κ1) is 24.5. The molecule has 0 bridgehead atoms. The summed E-state index contributed by atoms with van der Waals surface area (Å²) in [5.41, 5.74) is 1.54. The Kier molecular flexibility index (Phi) is 7.47. The largest absolute Gasteiger partial charge is 0.490 e. The van der Waals surface area contributed by atoms with Crippen molar-refractivity contribution < 1.29 is 14.3 Å². The average Bonchev–Trinajstić information content (AvgIpc) is 3.76. The minimum Gasteiger partial charge on any atom is -0.490 e. The van der Waals surface area contributed by atoms with Crippen molar-refractivity contribution in [2.45, 2.75) is 12.8 Å². The Hall–Kier alpha value is -4.16. The molecule has 1 aromatic carbocycles. The van der Waals surface area contributed by atoms with Crippen molar-refractivity contribution in [2.24, 2.45) is 5.92 Å². The van der Waals surface area contributed by atoms with Crippen LogP contribution in [0.15, 0.2) is 65.5 Å². The third-order valence-electron chi connectivity index (χ3n) is 5.68. The zero-order valence-electron chi connectivity index (χ0n) is 20.1. The van der Waals surface area contributed by atoms with Crippen molar-refractivity contribution in [3.8, 4) is 23.5 Å². The molecule has 3 heterocycles. The van der Waals surface area contributed by atoms with Gasteiger partial charge in [0, 0.05) is 47.8 Å². The van der Waals surface area contributed by atoms with Gasteiger partial charge in [-0.25, -0.2) is 15.0 Å². The van der Waals surface area contributed by atoms with Crippen molar-refractivity contribution in [2.75, 3.05) is 30.9 Å². The monoisotopic (exact) mass is 557 g/mol. The summed E-state index contributed by atoms with van der Waals surface area (Å²) in [5, 5.41) is 7.68.